The van der Waals surface area contributed by atoms with Gasteiger partial charge < -0.3 is 0 Å². The summed E-state index contributed by atoms with van der Waals surface area (Å²) in [6, 6.07) is 16.4. The lowest BCUT2D eigenvalue weighted by molar-refractivity contribution is 0.288. The summed E-state index contributed by atoms with van der Waals surface area (Å²) >= 11 is 9.18. The molecule has 0 unspecified atom stereocenters. The Kier molecular flexibility index (Phi) is 4.62. The molecule has 0 radical (unpaired) electrons. The number of aromatic amines is 1. The molecule has 2 aromatic carbocycles. The fourth-order valence-corrected chi connectivity index (χ4v) is 3.60. The van der Waals surface area contributed by atoms with E-state index in [4.69, 9.17) is 12.2 Å². The van der Waals surface area contributed by atoms with Crippen molar-refractivity contribution in [3.63, 3.8) is 0 Å². The van der Waals surface area contributed by atoms with Crippen LogP contribution in [0.2, 0.25) is 0 Å². The standard InChI is InChI=1S/C18H17BrN6S/c1-12-4-2-5-13(8-12)11-24-17(21-22-23-24)16-10-20-25(18(16)26)15-7-3-6-14(19)9-15/h2-10,20,22-23H,11H2,1H3. The molecule has 0 amide bonds. The molecule has 3 aromatic rings. The lowest BCUT2D eigenvalue weighted by Crippen LogP contribution is -2.40. The van der Waals surface area contributed by atoms with Gasteiger partial charge in [-0.05, 0) is 30.7 Å². The van der Waals surface area contributed by atoms with Crippen molar-refractivity contribution in [1.82, 2.24) is 25.9 Å². The van der Waals surface area contributed by atoms with E-state index in [9.17, 15) is 0 Å². The van der Waals surface area contributed by atoms with Crippen molar-refractivity contribution in [2.24, 2.45) is 5.10 Å². The quantitative estimate of drug-likeness (QED) is 0.553. The van der Waals surface area contributed by atoms with Crippen LogP contribution >= 0.6 is 28.1 Å². The minimum Gasteiger partial charge on any atom is -0.299 e. The fraction of sp³-hybridized carbons (Fsp3) is 0.111. The zero-order valence-electron chi connectivity index (χ0n) is 14.0. The Bertz CT molecular complexity index is 1040. The van der Waals surface area contributed by atoms with E-state index < -0.39 is 0 Å². The Labute approximate surface area is 164 Å². The maximum Gasteiger partial charge on any atom is 0.177 e. The Morgan fingerprint density at radius 1 is 1.15 bits per heavy atom. The van der Waals surface area contributed by atoms with Gasteiger partial charge in [0.05, 0.1) is 17.8 Å². The van der Waals surface area contributed by atoms with Gasteiger partial charge in [0.15, 0.2) is 5.84 Å². The highest BCUT2D eigenvalue weighted by atomic mass is 79.9. The van der Waals surface area contributed by atoms with Crippen LogP contribution in [0.15, 0.2) is 64.3 Å². The van der Waals surface area contributed by atoms with E-state index in [2.05, 4.69) is 68.4 Å². The molecule has 0 spiro atoms. The van der Waals surface area contributed by atoms with E-state index in [-0.39, 0.29) is 0 Å². The van der Waals surface area contributed by atoms with Gasteiger partial charge in [-0.15, -0.1) is 10.6 Å². The Hall–Kier alpha value is -2.42. The molecule has 0 saturated heterocycles. The van der Waals surface area contributed by atoms with E-state index in [1.165, 1.54) is 11.1 Å². The number of hydrogen-bond donors (Lipinski definition) is 3. The number of H-pyrrole nitrogens is 1. The van der Waals surface area contributed by atoms with Crippen LogP contribution in [-0.2, 0) is 6.54 Å². The second-order valence-corrected chi connectivity index (χ2v) is 7.34. The predicted molar refractivity (Wildman–Crippen MR) is 108 cm³/mol. The Balaban J connectivity index is 1.64. The number of benzene rings is 2. The minimum absolute atomic E-state index is 0.668. The topological polar surface area (TPSA) is 60.4 Å². The van der Waals surface area contributed by atoms with Crippen molar-refractivity contribution < 1.29 is 0 Å². The number of rotatable bonds is 4. The van der Waals surface area contributed by atoms with Crippen LogP contribution in [0.5, 0.6) is 0 Å². The van der Waals surface area contributed by atoms with Crippen LogP contribution in [0.1, 0.15) is 16.7 Å². The molecule has 2 heterocycles. The van der Waals surface area contributed by atoms with Crippen LogP contribution in [0.4, 0.5) is 0 Å². The summed E-state index contributed by atoms with van der Waals surface area (Å²) in [6.07, 6.45) is 1.87. The first-order valence-corrected chi connectivity index (χ1v) is 9.30. The number of aromatic nitrogens is 2. The summed E-state index contributed by atoms with van der Waals surface area (Å²) < 4.78 is 3.53. The van der Waals surface area contributed by atoms with Gasteiger partial charge >= 0.3 is 0 Å². The third-order valence-corrected chi connectivity index (χ3v) is 5.00. The maximum absolute atomic E-state index is 5.68. The first kappa shape index (κ1) is 17.0. The molecule has 1 aliphatic heterocycles. The molecule has 1 aliphatic rings. The number of hydrazine groups is 2. The molecule has 4 rings (SSSR count). The number of hydrogen-bond acceptors (Lipinski definition) is 5. The second kappa shape index (κ2) is 7.06. The fourth-order valence-electron chi connectivity index (χ4n) is 2.90. The maximum atomic E-state index is 5.68. The predicted octanol–water partition coefficient (Wildman–Crippen LogP) is 3.79. The zero-order chi connectivity index (χ0) is 18.1. The van der Waals surface area contributed by atoms with E-state index in [1.54, 1.807) is 0 Å². The van der Waals surface area contributed by atoms with Crippen LogP contribution in [0.3, 0.4) is 0 Å². The highest BCUT2D eigenvalue weighted by Gasteiger charge is 2.22. The molecule has 3 N–H and O–H groups in total. The van der Waals surface area contributed by atoms with Gasteiger partial charge in [-0.25, -0.2) is 10.2 Å². The van der Waals surface area contributed by atoms with Crippen molar-refractivity contribution in [2.45, 2.75) is 13.5 Å². The van der Waals surface area contributed by atoms with Gasteiger partial charge in [0.25, 0.3) is 0 Å². The minimum atomic E-state index is 0.668. The van der Waals surface area contributed by atoms with Gasteiger partial charge in [0.2, 0.25) is 0 Å². The Morgan fingerprint density at radius 2 is 2.00 bits per heavy atom. The number of nitrogens with zero attached hydrogens (tertiary/aromatic N) is 3. The van der Waals surface area contributed by atoms with Gasteiger partial charge in [0, 0.05) is 10.7 Å². The highest BCUT2D eigenvalue weighted by Crippen LogP contribution is 2.19. The molecular formula is C18H17BrN6S. The second-order valence-electron chi connectivity index (χ2n) is 6.04. The van der Waals surface area contributed by atoms with Crippen LogP contribution in [0, 0.1) is 11.6 Å². The molecule has 26 heavy (non-hydrogen) atoms. The zero-order valence-corrected chi connectivity index (χ0v) is 16.4. The molecule has 0 bridgehead atoms. The van der Waals surface area contributed by atoms with Crippen molar-refractivity contribution >= 4 is 34.0 Å². The Morgan fingerprint density at radius 3 is 2.81 bits per heavy atom. The molecule has 8 heteroatoms. The summed E-state index contributed by atoms with van der Waals surface area (Å²) in [5.74, 6) is 0.751. The number of nitrogens with one attached hydrogen (secondary N) is 3. The van der Waals surface area contributed by atoms with Gasteiger partial charge in [-0.3, -0.25) is 10.1 Å². The summed E-state index contributed by atoms with van der Waals surface area (Å²) in [4.78, 5) is 0. The van der Waals surface area contributed by atoms with E-state index in [1.807, 2.05) is 40.2 Å². The monoisotopic (exact) mass is 428 g/mol. The molecule has 6 nitrogen and oxygen atoms in total. The van der Waals surface area contributed by atoms with E-state index in [0.29, 0.717) is 11.2 Å². The van der Waals surface area contributed by atoms with Crippen molar-refractivity contribution in [2.75, 3.05) is 0 Å². The van der Waals surface area contributed by atoms with E-state index >= 15 is 0 Å². The van der Waals surface area contributed by atoms with Crippen molar-refractivity contribution in [3.8, 4) is 5.69 Å². The normalized spacial score (nSPS) is 13.6. The SMILES string of the molecule is Cc1cccc(CN2NNN=C2c2c[nH]n(-c3cccc(Br)c3)c2=S)c1. The first-order chi connectivity index (χ1) is 12.6. The summed E-state index contributed by atoms with van der Waals surface area (Å²) in [7, 11) is 0. The molecule has 132 valence electrons. The number of halogens is 1. The third-order valence-electron chi connectivity index (χ3n) is 4.10. The summed E-state index contributed by atoms with van der Waals surface area (Å²) in [5.41, 5.74) is 10.1. The average Bonchev–Trinajstić information content (AvgIpc) is 3.21. The molecule has 0 aliphatic carbocycles. The summed E-state index contributed by atoms with van der Waals surface area (Å²) in [6.45, 7) is 2.76. The summed E-state index contributed by atoms with van der Waals surface area (Å²) in [5, 5.41) is 9.52. The van der Waals surface area contributed by atoms with Crippen molar-refractivity contribution in [1.29, 1.82) is 0 Å². The molecule has 0 fully saturated rings. The lowest BCUT2D eigenvalue weighted by Gasteiger charge is -2.18. The lowest BCUT2D eigenvalue weighted by atomic mass is 10.1. The van der Waals surface area contributed by atoms with Gasteiger partial charge in [0.1, 0.15) is 4.64 Å². The molecular weight excluding hydrogens is 412 g/mol. The average molecular weight is 429 g/mol. The highest BCUT2D eigenvalue weighted by molar-refractivity contribution is 9.10. The molecule has 0 atom stereocenters. The van der Waals surface area contributed by atoms with Crippen LogP contribution in [0.25, 0.3) is 5.69 Å². The third kappa shape index (κ3) is 3.31. The number of amidine groups is 1. The van der Waals surface area contributed by atoms with Crippen LogP contribution < -0.4 is 11.1 Å². The number of hydrazone groups is 1. The smallest absolute Gasteiger partial charge is 0.177 e. The molecule has 0 saturated carbocycles. The number of aryl methyl sites for hydroxylation is 1. The first-order valence-electron chi connectivity index (χ1n) is 8.10. The molecule has 1 aromatic heterocycles. The van der Waals surface area contributed by atoms with E-state index in [0.717, 1.165) is 21.6 Å². The van der Waals surface area contributed by atoms with Gasteiger partial charge in [-0.1, -0.05) is 64.0 Å². The van der Waals surface area contributed by atoms with Crippen molar-refractivity contribution in [3.05, 3.63) is 80.5 Å². The van der Waals surface area contributed by atoms with Gasteiger partial charge in [-0.2, -0.15) is 0 Å². The largest absolute Gasteiger partial charge is 0.299 e. The van der Waals surface area contributed by atoms with Crippen LogP contribution in [-0.4, -0.2) is 20.6 Å².